The molecule has 0 aliphatic heterocycles. The molecule has 3 N–H and O–H groups in total. The van der Waals surface area contributed by atoms with E-state index >= 15 is 0 Å². The third-order valence-electron chi connectivity index (χ3n) is 4.56. The summed E-state index contributed by atoms with van der Waals surface area (Å²) in [7, 11) is 1.86. The van der Waals surface area contributed by atoms with Crippen molar-refractivity contribution in [3.8, 4) is 11.3 Å². The van der Waals surface area contributed by atoms with Gasteiger partial charge in [0.15, 0.2) is 0 Å². The second-order valence-corrected chi connectivity index (χ2v) is 6.30. The van der Waals surface area contributed by atoms with E-state index in [0.29, 0.717) is 22.7 Å². The summed E-state index contributed by atoms with van der Waals surface area (Å²) in [5, 5.41) is 8.36. The number of aromatic nitrogens is 4. The number of nitrogen functional groups attached to an aromatic ring is 1. The van der Waals surface area contributed by atoms with Crippen LogP contribution in [0.3, 0.4) is 0 Å². The molecular formula is C17H17FN6O. The van der Waals surface area contributed by atoms with Crippen LogP contribution in [0, 0.1) is 12.8 Å². The normalized spacial score (nSPS) is 19.2. The Morgan fingerprint density at radius 1 is 1.40 bits per heavy atom. The van der Waals surface area contributed by atoms with Gasteiger partial charge in [0.2, 0.25) is 5.91 Å². The number of halogens is 1. The molecule has 3 heterocycles. The molecule has 1 aliphatic carbocycles. The van der Waals surface area contributed by atoms with Crippen LogP contribution < -0.4 is 11.1 Å². The zero-order valence-electron chi connectivity index (χ0n) is 13.8. The fourth-order valence-corrected chi connectivity index (χ4v) is 2.78. The summed E-state index contributed by atoms with van der Waals surface area (Å²) in [6, 6.07) is 3.60. The summed E-state index contributed by atoms with van der Waals surface area (Å²) < 4.78 is 14.8. The zero-order chi connectivity index (χ0) is 17.7. The van der Waals surface area contributed by atoms with E-state index in [0.717, 1.165) is 16.6 Å². The van der Waals surface area contributed by atoms with Gasteiger partial charge >= 0.3 is 0 Å². The van der Waals surface area contributed by atoms with E-state index in [9.17, 15) is 9.18 Å². The van der Waals surface area contributed by atoms with Gasteiger partial charge in [-0.3, -0.25) is 9.48 Å². The van der Waals surface area contributed by atoms with Crippen molar-refractivity contribution >= 4 is 28.3 Å². The van der Waals surface area contributed by atoms with Gasteiger partial charge in [0, 0.05) is 29.9 Å². The molecule has 1 aliphatic rings. The van der Waals surface area contributed by atoms with E-state index in [1.807, 2.05) is 20.0 Å². The summed E-state index contributed by atoms with van der Waals surface area (Å²) in [5.41, 5.74) is 8.62. The number of nitrogens with zero attached hydrogens (tertiary/aromatic N) is 4. The fraction of sp³-hybridized carbons (Fsp3) is 0.294. The molecule has 7 nitrogen and oxygen atoms in total. The molecule has 0 radical (unpaired) electrons. The molecule has 8 heteroatoms. The Morgan fingerprint density at radius 2 is 2.16 bits per heavy atom. The minimum atomic E-state index is -1.04. The number of fused-ring (bicyclic) bond motifs is 1. The van der Waals surface area contributed by atoms with Crippen LogP contribution in [0.4, 0.5) is 16.0 Å². The van der Waals surface area contributed by atoms with E-state index in [1.165, 1.54) is 0 Å². The minimum Gasteiger partial charge on any atom is -0.383 e. The summed E-state index contributed by atoms with van der Waals surface area (Å²) in [5.74, 6) is -0.179. The Kier molecular flexibility index (Phi) is 3.41. The predicted octanol–water partition coefficient (Wildman–Crippen LogP) is 2.22. The third kappa shape index (κ3) is 2.69. The average Bonchev–Trinajstić information content (AvgIpc) is 3.22. The Hall–Kier alpha value is -3.03. The number of hydrogen-bond donors (Lipinski definition) is 2. The molecule has 1 saturated carbocycles. The van der Waals surface area contributed by atoms with E-state index in [1.54, 1.807) is 23.1 Å². The number of amides is 1. The monoisotopic (exact) mass is 340 g/mol. The summed E-state index contributed by atoms with van der Waals surface area (Å²) >= 11 is 0. The van der Waals surface area contributed by atoms with Gasteiger partial charge in [-0.15, -0.1) is 0 Å². The van der Waals surface area contributed by atoms with Gasteiger partial charge in [0.05, 0.1) is 17.8 Å². The first-order valence-corrected chi connectivity index (χ1v) is 7.94. The van der Waals surface area contributed by atoms with Crippen molar-refractivity contribution in [2.75, 3.05) is 11.1 Å². The van der Waals surface area contributed by atoms with Crippen molar-refractivity contribution in [2.45, 2.75) is 19.5 Å². The molecule has 0 saturated heterocycles. The molecule has 0 aromatic carbocycles. The first kappa shape index (κ1) is 15.5. The van der Waals surface area contributed by atoms with Gasteiger partial charge < -0.3 is 11.1 Å². The number of pyridine rings is 2. The van der Waals surface area contributed by atoms with Crippen LogP contribution >= 0.6 is 0 Å². The molecule has 2 atom stereocenters. The van der Waals surface area contributed by atoms with Gasteiger partial charge in [-0.2, -0.15) is 5.10 Å². The van der Waals surface area contributed by atoms with E-state index in [2.05, 4.69) is 20.4 Å². The lowest BCUT2D eigenvalue weighted by atomic mass is 10.1. The number of alkyl halides is 1. The van der Waals surface area contributed by atoms with Gasteiger partial charge in [-0.25, -0.2) is 14.4 Å². The van der Waals surface area contributed by atoms with Crippen LogP contribution in [0.5, 0.6) is 0 Å². The standard InChI is InChI=1S/C17H17FN6O/c1-8-11(7-21-24(8)2)14-3-9-4-15(20-6-12(9)16(19)22-14)23-17(25)10-5-13(10)18/h3-4,6-7,10,13H,5H2,1-2H3,(H2,19,22)(H,20,23,25)/t10-,13+/m0/s1. The van der Waals surface area contributed by atoms with Crippen LogP contribution in [0.2, 0.25) is 0 Å². The highest BCUT2D eigenvalue weighted by molar-refractivity contribution is 5.98. The highest BCUT2D eigenvalue weighted by Gasteiger charge is 2.43. The molecule has 0 bridgehead atoms. The summed E-state index contributed by atoms with van der Waals surface area (Å²) in [6.07, 6.45) is 2.54. The van der Waals surface area contributed by atoms with Crippen molar-refractivity contribution in [1.82, 2.24) is 19.7 Å². The SMILES string of the molecule is Cc1c(-c2cc3cc(NC(=O)[C@H]4C[C@H]4F)ncc3c(N)n2)cnn1C. The van der Waals surface area contributed by atoms with Crippen molar-refractivity contribution < 1.29 is 9.18 Å². The Balaban J connectivity index is 1.73. The second kappa shape index (κ2) is 5.51. The number of carbonyl (C=O) groups is 1. The lowest BCUT2D eigenvalue weighted by Crippen LogP contribution is -2.15. The first-order chi connectivity index (χ1) is 11.9. The van der Waals surface area contributed by atoms with Gasteiger partial charge in [-0.1, -0.05) is 0 Å². The largest absolute Gasteiger partial charge is 0.383 e. The summed E-state index contributed by atoms with van der Waals surface area (Å²) in [4.78, 5) is 20.5. The lowest BCUT2D eigenvalue weighted by molar-refractivity contribution is -0.117. The maximum atomic E-state index is 13.0. The third-order valence-corrected chi connectivity index (χ3v) is 4.56. The number of rotatable bonds is 3. The molecular weight excluding hydrogens is 323 g/mol. The number of nitrogens with one attached hydrogen (secondary N) is 1. The minimum absolute atomic E-state index is 0.278. The molecule has 25 heavy (non-hydrogen) atoms. The van der Waals surface area contributed by atoms with Crippen molar-refractivity contribution in [2.24, 2.45) is 13.0 Å². The molecule has 3 aromatic rings. The maximum absolute atomic E-state index is 13.0. The number of nitrogens with two attached hydrogens (primary N) is 1. The quantitative estimate of drug-likeness (QED) is 0.762. The number of aryl methyl sites for hydroxylation is 1. The zero-order valence-corrected chi connectivity index (χ0v) is 13.8. The molecule has 1 fully saturated rings. The smallest absolute Gasteiger partial charge is 0.231 e. The Bertz CT molecular complexity index is 998. The van der Waals surface area contributed by atoms with Crippen LogP contribution in [0.1, 0.15) is 12.1 Å². The molecule has 0 unspecified atom stereocenters. The van der Waals surface area contributed by atoms with Gasteiger partial charge in [-0.05, 0) is 30.9 Å². The number of anilines is 2. The van der Waals surface area contributed by atoms with Gasteiger partial charge in [0.25, 0.3) is 0 Å². The molecule has 4 rings (SSSR count). The van der Waals surface area contributed by atoms with Crippen LogP contribution in [-0.4, -0.2) is 31.8 Å². The Labute approximate surface area is 143 Å². The van der Waals surface area contributed by atoms with Gasteiger partial charge in [0.1, 0.15) is 17.8 Å². The van der Waals surface area contributed by atoms with Crippen molar-refractivity contribution in [3.63, 3.8) is 0 Å². The van der Waals surface area contributed by atoms with E-state index in [-0.39, 0.29) is 12.3 Å². The Morgan fingerprint density at radius 3 is 2.80 bits per heavy atom. The summed E-state index contributed by atoms with van der Waals surface area (Å²) in [6.45, 7) is 1.95. The predicted molar refractivity (Wildman–Crippen MR) is 92.5 cm³/mol. The highest BCUT2D eigenvalue weighted by atomic mass is 19.1. The molecule has 0 spiro atoms. The van der Waals surface area contributed by atoms with Crippen LogP contribution in [0.25, 0.3) is 22.0 Å². The van der Waals surface area contributed by atoms with Crippen molar-refractivity contribution in [1.29, 1.82) is 0 Å². The second-order valence-electron chi connectivity index (χ2n) is 6.30. The van der Waals surface area contributed by atoms with Crippen LogP contribution in [-0.2, 0) is 11.8 Å². The topological polar surface area (TPSA) is 98.7 Å². The lowest BCUT2D eigenvalue weighted by Gasteiger charge is -2.08. The molecule has 3 aromatic heterocycles. The fourth-order valence-electron chi connectivity index (χ4n) is 2.78. The molecule has 1 amide bonds. The van der Waals surface area contributed by atoms with Crippen LogP contribution in [0.15, 0.2) is 24.5 Å². The van der Waals surface area contributed by atoms with Crippen molar-refractivity contribution in [3.05, 3.63) is 30.2 Å². The molecule has 128 valence electrons. The maximum Gasteiger partial charge on any atom is 0.231 e. The van der Waals surface area contributed by atoms with E-state index < -0.39 is 12.1 Å². The number of carbonyl (C=O) groups excluding carboxylic acids is 1. The average molecular weight is 340 g/mol. The highest BCUT2D eigenvalue weighted by Crippen LogP contribution is 2.35. The van der Waals surface area contributed by atoms with E-state index in [4.69, 9.17) is 5.73 Å². The number of hydrogen-bond acceptors (Lipinski definition) is 5. The first-order valence-electron chi connectivity index (χ1n) is 7.94.